The Balaban J connectivity index is 1.56. The smallest absolute Gasteiger partial charge is 0.0178 e. The molecule has 0 N–H and O–H groups in total. The maximum absolute atomic E-state index is 3.53. The van der Waals surface area contributed by atoms with Gasteiger partial charge in [0.2, 0.25) is 0 Å². The fourth-order valence-electron chi connectivity index (χ4n) is 3.67. The first-order valence-electron chi connectivity index (χ1n) is 7.35. The van der Waals surface area contributed by atoms with Crippen LogP contribution in [-0.2, 0) is 6.42 Å². The van der Waals surface area contributed by atoms with Crippen LogP contribution in [0.1, 0.15) is 31.2 Å². The van der Waals surface area contributed by atoms with Crippen LogP contribution in [0.4, 0.5) is 0 Å². The minimum Gasteiger partial charge on any atom is -0.300 e. The number of halogens is 1. The van der Waals surface area contributed by atoms with Gasteiger partial charge in [-0.05, 0) is 62.8 Å². The van der Waals surface area contributed by atoms with E-state index >= 15 is 0 Å². The van der Waals surface area contributed by atoms with Gasteiger partial charge in [-0.1, -0.05) is 40.2 Å². The molecule has 1 aromatic rings. The quantitative estimate of drug-likeness (QED) is 0.745. The molecule has 2 aliphatic heterocycles. The van der Waals surface area contributed by atoms with Crippen LogP contribution in [-0.4, -0.2) is 24.0 Å². The number of hydrogen-bond acceptors (Lipinski definition) is 1. The molecular formula is C17H22BrN. The fourth-order valence-corrected chi connectivity index (χ4v) is 4.12. The summed E-state index contributed by atoms with van der Waals surface area (Å²) in [5, 5.41) is 0. The Morgan fingerprint density at radius 2 is 2.00 bits per heavy atom. The molecule has 19 heavy (non-hydrogen) atoms. The standard InChI is InChI=1S/C17H22BrN/c1-19-16-8-9-17(19)12-14(11-16)6-2-4-13-5-3-7-15(18)10-13/h2-3,5-7,10,14,16-17H,4,8-9,11-12H2,1H3/b6-2+. The van der Waals surface area contributed by atoms with Crippen LogP contribution in [0.25, 0.3) is 0 Å². The van der Waals surface area contributed by atoms with Gasteiger partial charge in [-0.25, -0.2) is 0 Å². The molecule has 2 saturated heterocycles. The van der Waals surface area contributed by atoms with Crippen LogP contribution in [0.15, 0.2) is 40.9 Å². The summed E-state index contributed by atoms with van der Waals surface area (Å²) < 4.78 is 1.18. The van der Waals surface area contributed by atoms with E-state index in [4.69, 9.17) is 0 Å². The Kier molecular flexibility index (Phi) is 4.09. The van der Waals surface area contributed by atoms with Crippen molar-refractivity contribution < 1.29 is 0 Å². The monoisotopic (exact) mass is 319 g/mol. The van der Waals surface area contributed by atoms with Crippen molar-refractivity contribution in [2.24, 2.45) is 5.92 Å². The summed E-state index contributed by atoms with van der Waals surface area (Å²) in [4.78, 5) is 2.61. The van der Waals surface area contributed by atoms with Crippen molar-refractivity contribution in [2.75, 3.05) is 7.05 Å². The van der Waals surface area contributed by atoms with Gasteiger partial charge in [0.05, 0.1) is 0 Å². The fraction of sp³-hybridized carbons (Fsp3) is 0.529. The second-order valence-electron chi connectivity index (χ2n) is 6.04. The summed E-state index contributed by atoms with van der Waals surface area (Å²) in [6.07, 6.45) is 11.5. The minimum absolute atomic E-state index is 0.806. The number of fused-ring (bicyclic) bond motifs is 2. The third kappa shape index (κ3) is 3.11. The first-order chi connectivity index (χ1) is 9.22. The lowest BCUT2D eigenvalue weighted by atomic mass is 9.90. The predicted octanol–water partition coefficient (Wildman–Crippen LogP) is 4.42. The molecule has 0 aromatic heterocycles. The molecule has 0 amide bonds. The van der Waals surface area contributed by atoms with Crippen molar-refractivity contribution in [1.82, 2.24) is 4.90 Å². The highest BCUT2D eigenvalue weighted by molar-refractivity contribution is 9.10. The highest BCUT2D eigenvalue weighted by Crippen LogP contribution is 2.37. The van der Waals surface area contributed by atoms with Crippen molar-refractivity contribution >= 4 is 15.9 Å². The van der Waals surface area contributed by atoms with E-state index in [1.165, 1.54) is 35.7 Å². The Bertz CT molecular complexity index is 454. The topological polar surface area (TPSA) is 3.24 Å². The van der Waals surface area contributed by atoms with Crippen LogP contribution in [0.2, 0.25) is 0 Å². The largest absolute Gasteiger partial charge is 0.300 e. The van der Waals surface area contributed by atoms with E-state index in [1.807, 2.05) is 0 Å². The Morgan fingerprint density at radius 1 is 1.26 bits per heavy atom. The molecule has 2 fully saturated rings. The Labute approximate surface area is 124 Å². The van der Waals surface area contributed by atoms with Gasteiger partial charge < -0.3 is 4.90 Å². The summed E-state index contributed by atoms with van der Waals surface area (Å²) in [6, 6.07) is 10.3. The molecule has 2 bridgehead atoms. The average molecular weight is 320 g/mol. The molecule has 1 nitrogen and oxygen atoms in total. The van der Waals surface area contributed by atoms with E-state index in [2.05, 4.69) is 64.3 Å². The molecule has 0 radical (unpaired) electrons. The van der Waals surface area contributed by atoms with Gasteiger partial charge in [-0.15, -0.1) is 0 Å². The normalized spacial score (nSPS) is 31.2. The number of benzene rings is 1. The van der Waals surface area contributed by atoms with E-state index in [0.717, 1.165) is 24.4 Å². The number of allylic oxidation sites excluding steroid dienone is 2. The molecule has 2 heteroatoms. The first-order valence-corrected chi connectivity index (χ1v) is 8.14. The Hall–Kier alpha value is -0.600. The summed E-state index contributed by atoms with van der Waals surface area (Å²) in [6.45, 7) is 0. The van der Waals surface area contributed by atoms with Crippen molar-refractivity contribution in [3.63, 3.8) is 0 Å². The molecule has 1 aromatic carbocycles. The maximum atomic E-state index is 3.53. The third-order valence-corrected chi connectivity index (χ3v) is 5.28. The van der Waals surface area contributed by atoms with Gasteiger partial charge >= 0.3 is 0 Å². The molecule has 2 atom stereocenters. The molecule has 0 aliphatic carbocycles. The predicted molar refractivity (Wildman–Crippen MR) is 84.3 cm³/mol. The van der Waals surface area contributed by atoms with Crippen molar-refractivity contribution in [1.29, 1.82) is 0 Å². The summed E-state index contributed by atoms with van der Waals surface area (Å²) in [7, 11) is 2.31. The van der Waals surface area contributed by atoms with Crippen LogP contribution in [0.5, 0.6) is 0 Å². The molecule has 0 spiro atoms. The molecule has 2 aliphatic rings. The zero-order valence-electron chi connectivity index (χ0n) is 11.6. The van der Waals surface area contributed by atoms with E-state index in [-0.39, 0.29) is 0 Å². The lowest BCUT2D eigenvalue weighted by molar-refractivity contribution is 0.152. The highest BCUT2D eigenvalue weighted by atomic mass is 79.9. The molecule has 2 unspecified atom stereocenters. The van der Waals surface area contributed by atoms with E-state index < -0.39 is 0 Å². The molecular weight excluding hydrogens is 298 g/mol. The maximum Gasteiger partial charge on any atom is 0.0178 e. The van der Waals surface area contributed by atoms with E-state index in [9.17, 15) is 0 Å². The second-order valence-corrected chi connectivity index (χ2v) is 6.96. The van der Waals surface area contributed by atoms with Crippen LogP contribution >= 0.6 is 15.9 Å². The summed E-state index contributed by atoms with van der Waals surface area (Å²) >= 11 is 3.53. The zero-order valence-corrected chi connectivity index (χ0v) is 13.1. The van der Waals surface area contributed by atoms with Crippen LogP contribution < -0.4 is 0 Å². The summed E-state index contributed by atoms with van der Waals surface area (Å²) in [5.41, 5.74) is 1.39. The van der Waals surface area contributed by atoms with Gasteiger partial charge in [-0.3, -0.25) is 0 Å². The van der Waals surface area contributed by atoms with Gasteiger partial charge in [-0.2, -0.15) is 0 Å². The van der Waals surface area contributed by atoms with Crippen LogP contribution in [0, 0.1) is 5.92 Å². The number of piperidine rings is 1. The summed E-state index contributed by atoms with van der Waals surface area (Å²) in [5.74, 6) is 0.806. The molecule has 3 rings (SSSR count). The highest BCUT2D eigenvalue weighted by Gasteiger charge is 2.37. The van der Waals surface area contributed by atoms with Crippen molar-refractivity contribution in [3.8, 4) is 0 Å². The molecule has 102 valence electrons. The van der Waals surface area contributed by atoms with Gasteiger partial charge in [0.1, 0.15) is 0 Å². The second kappa shape index (κ2) is 5.80. The van der Waals surface area contributed by atoms with Crippen molar-refractivity contribution in [2.45, 2.75) is 44.2 Å². The third-order valence-electron chi connectivity index (χ3n) is 4.79. The van der Waals surface area contributed by atoms with Crippen molar-refractivity contribution in [3.05, 3.63) is 46.5 Å². The van der Waals surface area contributed by atoms with E-state index in [1.54, 1.807) is 0 Å². The minimum atomic E-state index is 0.806. The van der Waals surface area contributed by atoms with Gasteiger partial charge in [0.25, 0.3) is 0 Å². The number of nitrogens with zero attached hydrogens (tertiary/aromatic N) is 1. The lowest BCUT2D eigenvalue weighted by Gasteiger charge is -2.35. The Morgan fingerprint density at radius 3 is 2.68 bits per heavy atom. The van der Waals surface area contributed by atoms with Gasteiger partial charge in [0.15, 0.2) is 0 Å². The van der Waals surface area contributed by atoms with Gasteiger partial charge in [0, 0.05) is 16.6 Å². The van der Waals surface area contributed by atoms with Crippen LogP contribution in [0.3, 0.4) is 0 Å². The molecule has 2 heterocycles. The van der Waals surface area contributed by atoms with E-state index in [0.29, 0.717) is 0 Å². The number of rotatable bonds is 3. The average Bonchev–Trinajstić information content (AvgIpc) is 2.63. The first kappa shape index (κ1) is 13.4. The number of hydrogen-bond donors (Lipinski definition) is 0. The zero-order chi connectivity index (χ0) is 13.2. The molecule has 0 saturated carbocycles. The lowest BCUT2D eigenvalue weighted by Crippen LogP contribution is -2.39. The SMILES string of the molecule is CN1C2CCC1CC(/C=C/Cc1cccc(Br)c1)C2.